The first-order valence-corrected chi connectivity index (χ1v) is 7.92. The second-order valence-corrected chi connectivity index (χ2v) is 6.75. The molecule has 0 fully saturated rings. The van der Waals surface area contributed by atoms with Gasteiger partial charge in [0.1, 0.15) is 0 Å². The van der Waals surface area contributed by atoms with Gasteiger partial charge in [-0.3, -0.25) is 4.79 Å². The molecule has 0 spiro atoms. The van der Waals surface area contributed by atoms with E-state index in [0.717, 1.165) is 30.4 Å². The Morgan fingerprint density at radius 3 is 2.50 bits per heavy atom. The summed E-state index contributed by atoms with van der Waals surface area (Å²) in [5.74, 6) is 4.91. The van der Waals surface area contributed by atoms with E-state index < -0.39 is 15.9 Å². The highest BCUT2D eigenvalue weighted by molar-refractivity contribution is 7.89. The summed E-state index contributed by atoms with van der Waals surface area (Å²) in [5, 5.41) is 0. The Morgan fingerprint density at radius 2 is 1.95 bits per heavy atom. The Balaban J connectivity index is 2.15. The van der Waals surface area contributed by atoms with Crippen molar-refractivity contribution in [2.24, 2.45) is 5.84 Å². The lowest BCUT2D eigenvalue weighted by Crippen LogP contribution is -2.42. The molecule has 2 N–H and O–H groups in total. The maximum absolute atomic E-state index is 12.2. The van der Waals surface area contributed by atoms with Crippen LogP contribution in [-0.2, 0) is 14.8 Å². The maximum atomic E-state index is 12.2. The first-order chi connectivity index (χ1) is 9.41. The van der Waals surface area contributed by atoms with Crippen molar-refractivity contribution < 1.29 is 13.2 Å². The van der Waals surface area contributed by atoms with Crippen molar-refractivity contribution in [3.8, 4) is 0 Å². The lowest BCUT2D eigenvalue weighted by atomic mass is 10.1. The third-order valence-corrected chi connectivity index (χ3v) is 4.93. The fourth-order valence-electron chi connectivity index (χ4n) is 2.13. The van der Waals surface area contributed by atoms with Crippen LogP contribution >= 0.6 is 0 Å². The van der Waals surface area contributed by atoms with Crippen molar-refractivity contribution in [3.63, 3.8) is 0 Å². The number of carbonyl (C=O) groups is 1. The Morgan fingerprint density at radius 1 is 1.30 bits per heavy atom. The number of hydrogen-bond donors (Lipinski definition) is 1. The molecule has 2 rings (SSSR count). The molecule has 5 nitrogen and oxygen atoms in total. The highest BCUT2D eigenvalue weighted by Crippen LogP contribution is 2.22. The van der Waals surface area contributed by atoms with Gasteiger partial charge in [0.15, 0.2) is 0 Å². The number of hydrogen-bond acceptors (Lipinski definition) is 4. The molecule has 20 heavy (non-hydrogen) atoms. The summed E-state index contributed by atoms with van der Waals surface area (Å²) in [6.07, 6.45) is 4.84. The average molecular weight is 294 g/mol. The smallest absolute Gasteiger partial charge is 0.272 e. The lowest BCUT2D eigenvalue weighted by Gasteiger charge is -2.17. The second-order valence-electron chi connectivity index (χ2n) is 4.94. The largest absolute Gasteiger partial charge is 0.280 e. The SMILES string of the molecule is Cc1ccc(S(=O)(=O)N(N)C(=O)CC2=CCCC2)cc1. The quantitative estimate of drug-likeness (QED) is 0.398. The van der Waals surface area contributed by atoms with E-state index in [1.165, 1.54) is 12.1 Å². The van der Waals surface area contributed by atoms with E-state index in [1.807, 2.05) is 13.0 Å². The zero-order chi connectivity index (χ0) is 14.8. The minimum atomic E-state index is -3.96. The number of carbonyl (C=O) groups excluding carboxylic acids is 1. The molecule has 0 aromatic heterocycles. The molecule has 6 heteroatoms. The summed E-state index contributed by atoms with van der Waals surface area (Å²) in [6, 6.07) is 6.24. The van der Waals surface area contributed by atoms with Crippen LogP contribution in [0.3, 0.4) is 0 Å². The fraction of sp³-hybridized carbons (Fsp3) is 0.357. The Hall–Kier alpha value is -1.66. The molecular weight excluding hydrogens is 276 g/mol. The standard InChI is InChI=1S/C14H18N2O3S/c1-11-6-8-13(9-7-11)20(18,19)16(15)14(17)10-12-4-2-3-5-12/h4,6-9H,2-3,5,10,15H2,1H3. The predicted molar refractivity (Wildman–Crippen MR) is 75.9 cm³/mol. The number of sulfonamides is 1. The highest BCUT2D eigenvalue weighted by atomic mass is 32.2. The van der Waals surface area contributed by atoms with Crippen molar-refractivity contribution in [3.05, 3.63) is 41.5 Å². The fourth-order valence-corrected chi connectivity index (χ4v) is 3.17. The van der Waals surface area contributed by atoms with Gasteiger partial charge in [-0.25, -0.2) is 5.84 Å². The number of rotatable bonds is 4. The first kappa shape index (κ1) is 14.7. The van der Waals surface area contributed by atoms with Crippen molar-refractivity contribution in [1.82, 2.24) is 4.41 Å². The minimum Gasteiger partial charge on any atom is -0.272 e. The number of nitrogens with zero attached hydrogens (tertiary/aromatic N) is 1. The van der Waals surface area contributed by atoms with Gasteiger partial charge in [-0.05, 0) is 38.3 Å². The van der Waals surface area contributed by atoms with Crippen LogP contribution in [-0.4, -0.2) is 18.7 Å². The molecule has 0 atom stereocenters. The monoisotopic (exact) mass is 294 g/mol. The van der Waals surface area contributed by atoms with Crippen LogP contribution in [0, 0.1) is 6.92 Å². The van der Waals surface area contributed by atoms with Gasteiger partial charge in [0, 0.05) is 0 Å². The molecule has 0 saturated carbocycles. The topological polar surface area (TPSA) is 80.5 Å². The van der Waals surface area contributed by atoms with Gasteiger partial charge >= 0.3 is 0 Å². The summed E-state index contributed by atoms with van der Waals surface area (Å²) >= 11 is 0. The van der Waals surface area contributed by atoms with Crippen LogP contribution in [0.4, 0.5) is 0 Å². The Bertz CT molecular complexity index is 633. The second kappa shape index (κ2) is 5.76. The van der Waals surface area contributed by atoms with Gasteiger partial charge in [0.2, 0.25) is 0 Å². The molecule has 1 aromatic carbocycles. The van der Waals surface area contributed by atoms with Gasteiger partial charge in [0.25, 0.3) is 15.9 Å². The minimum absolute atomic E-state index is 0.0272. The van der Waals surface area contributed by atoms with Gasteiger partial charge in [-0.15, -0.1) is 0 Å². The number of aryl methyl sites for hydroxylation is 1. The third-order valence-electron chi connectivity index (χ3n) is 3.34. The molecule has 0 aliphatic heterocycles. The van der Waals surface area contributed by atoms with Gasteiger partial charge < -0.3 is 0 Å². The zero-order valence-corrected chi connectivity index (χ0v) is 12.2. The third kappa shape index (κ3) is 3.08. The molecule has 0 unspecified atom stereocenters. The van der Waals surface area contributed by atoms with Crippen LogP contribution in [0.25, 0.3) is 0 Å². The summed E-state index contributed by atoms with van der Waals surface area (Å²) in [5.41, 5.74) is 1.90. The molecular formula is C14H18N2O3S. The number of amides is 1. The van der Waals surface area contributed by atoms with E-state index >= 15 is 0 Å². The Kier molecular flexibility index (Phi) is 4.25. The maximum Gasteiger partial charge on any atom is 0.280 e. The van der Waals surface area contributed by atoms with E-state index in [-0.39, 0.29) is 11.3 Å². The molecule has 0 saturated heterocycles. The van der Waals surface area contributed by atoms with Crippen molar-refractivity contribution >= 4 is 15.9 Å². The zero-order valence-electron chi connectivity index (χ0n) is 11.4. The molecule has 1 amide bonds. The average Bonchev–Trinajstić information content (AvgIpc) is 2.91. The lowest BCUT2D eigenvalue weighted by molar-refractivity contribution is -0.126. The van der Waals surface area contributed by atoms with Crippen LogP contribution in [0.5, 0.6) is 0 Å². The number of hydrazine groups is 1. The molecule has 1 aromatic rings. The van der Waals surface area contributed by atoms with E-state index in [2.05, 4.69) is 0 Å². The van der Waals surface area contributed by atoms with Gasteiger partial charge in [0.05, 0.1) is 11.3 Å². The number of benzene rings is 1. The van der Waals surface area contributed by atoms with E-state index in [0.29, 0.717) is 4.41 Å². The van der Waals surface area contributed by atoms with E-state index in [9.17, 15) is 13.2 Å². The molecule has 0 radical (unpaired) electrons. The van der Waals surface area contributed by atoms with E-state index in [4.69, 9.17) is 5.84 Å². The molecule has 1 aliphatic rings. The first-order valence-electron chi connectivity index (χ1n) is 6.48. The van der Waals surface area contributed by atoms with Crippen molar-refractivity contribution in [1.29, 1.82) is 0 Å². The molecule has 0 bridgehead atoms. The van der Waals surface area contributed by atoms with Crippen LogP contribution in [0.2, 0.25) is 0 Å². The van der Waals surface area contributed by atoms with E-state index in [1.54, 1.807) is 12.1 Å². The van der Waals surface area contributed by atoms with Crippen LogP contribution < -0.4 is 5.84 Å². The number of nitrogens with two attached hydrogens (primary N) is 1. The van der Waals surface area contributed by atoms with Crippen LogP contribution in [0.1, 0.15) is 31.2 Å². The molecule has 1 aliphatic carbocycles. The summed E-state index contributed by atoms with van der Waals surface area (Å²) in [4.78, 5) is 12.0. The van der Waals surface area contributed by atoms with Crippen LogP contribution in [0.15, 0.2) is 40.8 Å². The van der Waals surface area contributed by atoms with Crippen molar-refractivity contribution in [2.45, 2.75) is 37.5 Å². The number of allylic oxidation sites excluding steroid dienone is 1. The summed E-state index contributed by atoms with van der Waals surface area (Å²) < 4.78 is 24.8. The van der Waals surface area contributed by atoms with Gasteiger partial charge in [-0.2, -0.15) is 12.8 Å². The molecule has 0 heterocycles. The van der Waals surface area contributed by atoms with Gasteiger partial charge in [-0.1, -0.05) is 29.3 Å². The Labute approximate surface area is 119 Å². The summed E-state index contributed by atoms with van der Waals surface area (Å²) in [6.45, 7) is 1.86. The highest BCUT2D eigenvalue weighted by Gasteiger charge is 2.27. The van der Waals surface area contributed by atoms with Crippen molar-refractivity contribution in [2.75, 3.05) is 0 Å². The summed E-state index contributed by atoms with van der Waals surface area (Å²) in [7, 11) is -3.96. The molecule has 108 valence electrons. The predicted octanol–water partition coefficient (Wildman–Crippen LogP) is 1.89. The normalized spacial score (nSPS) is 15.0.